The zero-order chi connectivity index (χ0) is 12.3. The third kappa shape index (κ3) is 3.44. The zero-order valence-electron chi connectivity index (χ0n) is 10.4. The molecule has 0 unspecified atom stereocenters. The summed E-state index contributed by atoms with van der Waals surface area (Å²) in [5, 5.41) is 11.6. The lowest BCUT2D eigenvalue weighted by molar-refractivity contribution is 0.0744. The van der Waals surface area contributed by atoms with Crippen LogP contribution < -0.4 is 5.32 Å². The molecule has 1 N–H and O–H groups in total. The monoisotopic (exact) mass is 242 g/mol. The predicted molar refractivity (Wildman–Crippen MR) is 65.9 cm³/mol. The van der Waals surface area contributed by atoms with Gasteiger partial charge in [0.05, 0.1) is 0 Å². The van der Waals surface area contributed by atoms with E-state index >= 15 is 0 Å². The summed E-state index contributed by atoms with van der Waals surface area (Å²) in [5.41, 5.74) is 0.0843. The number of hydrogen-bond acceptors (Lipinski definition) is 5. The van der Waals surface area contributed by atoms with E-state index in [1.165, 1.54) is 11.3 Å². The zero-order valence-corrected chi connectivity index (χ0v) is 11.2. The highest BCUT2D eigenvalue weighted by Crippen LogP contribution is 2.19. The van der Waals surface area contributed by atoms with E-state index in [2.05, 4.69) is 36.3 Å². The molecule has 0 aromatic carbocycles. The summed E-state index contributed by atoms with van der Waals surface area (Å²) < 4.78 is 0. The van der Waals surface area contributed by atoms with Crippen molar-refractivity contribution >= 4 is 22.4 Å². The van der Waals surface area contributed by atoms with Crippen LogP contribution >= 0.6 is 11.3 Å². The number of amides is 1. The van der Waals surface area contributed by atoms with Gasteiger partial charge >= 0.3 is 0 Å². The minimum atomic E-state index is -0.0751. The fraction of sp³-hybridized carbons (Fsp3) is 0.700. The van der Waals surface area contributed by atoms with E-state index in [-0.39, 0.29) is 11.3 Å². The number of aromatic nitrogens is 2. The Balaban J connectivity index is 2.70. The van der Waals surface area contributed by atoms with Crippen molar-refractivity contribution in [2.75, 3.05) is 26.0 Å². The number of anilines is 1. The summed E-state index contributed by atoms with van der Waals surface area (Å²) >= 11 is 1.27. The van der Waals surface area contributed by atoms with Gasteiger partial charge in [-0.3, -0.25) is 4.79 Å². The lowest BCUT2D eigenvalue weighted by Crippen LogP contribution is -2.34. The molecule has 90 valence electrons. The number of nitrogens with zero attached hydrogens (tertiary/aromatic N) is 3. The fourth-order valence-corrected chi connectivity index (χ4v) is 2.05. The maximum Gasteiger partial charge on any atom is 0.284 e. The topological polar surface area (TPSA) is 58.1 Å². The maximum atomic E-state index is 12.0. The van der Waals surface area contributed by atoms with E-state index in [0.29, 0.717) is 16.7 Å². The second-order valence-electron chi connectivity index (χ2n) is 4.88. The summed E-state index contributed by atoms with van der Waals surface area (Å²) in [6.45, 7) is 6.97. The quantitative estimate of drug-likeness (QED) is 0.876. The summed E-state index contributed by atoms with van der Waals surface area (Å²) in [6, 6.07) is 0. The number of carbonyl (C=O) groups excluding carboxylic acids is 1. The minimum Gasteiger partial charge on any atom is -0.363 e. The molecule has 5 nitrogen and oxygen atoms in total. The molecule has 0 bridgehead atoms. The molecule has 0 aliphatic rings. The largest absolute Gasteiger partial charge is 0.363 e. The van der Waals surface area contributed by atoms with E-state index in [4.69, 9.17) is 0 Å². The van der Waals surface area contributed by atoms with E-state index in [0.717, 1.165) is 0 Å². The van der Waals surface area contributed by atoms with Gasteiger partial charge in [-0.05, 0) is 5.41 Å². The van der Waals surface area contributed by atoms with Gasteiger partial charge in [0.2, 0.25) is 10.1 Å². The Morgan fingerprint density at radius 2 is 2.06 bits per heavy atom. The molecule has 1 aromatic heterocycles. The Labute approximate surface area is 99.9 Å². The molecule has 6 heteroatoms. The summed E-state index contributed by atoms with van der Waals surface area (Å²) in [5.74, 6) is -0.0751. The number of carbonyl (C=O) groups is 1. The highest BCUT2D eigenvalue weighted by atomic mass is 32.1. The molecule has 0 atom stereocenters. The first-order valence-electron chi connectivity index (χ1n) is 5.10. The van der Waals surface area contributed by atoms with Crippen LogP contribution in [0.3, 0.4) is 0 Å². The Morgan fingerprint density at radius 3 is 2.50 bits per heavy atom. The highest BCUT2D eigenvalue weighted by Gasteiger charge is 2.21. The van der Waals surface area contributed by atoms with E-state index < -0.39 is 0 Å². The normalized spacial score (nSPS) is 11.3. The Kier molecular flexibility index (Phi) is 3.85. The molecule has 16 heavy (non-hydrogen) atoms. The molecule has 0 radical (unpaired) electrons. The third-order valence-corrected chi connectivity index (χ3v) is 2.81. The van der Waals surface area contributed by atoms with Gasteiger partial charge in [0.15, 0.2) is 0 Å². The van der Waals surface area contributed by atoms with Crippen LogP contribution in [0, 0.1) is 5.41 Å². The first kappa shape index (κ1) is 12.9. The van der Waals surface area contributed by atoms with Crippen molar-refractivity contribution in [2.45, 2.75) is 20.8 Å². The average molecular weight is 242 g/mol. The molecular formula is C10H18N4OS. The Bertz CT molecular complexity index is 369. The fourth-order valence-electron chi connectivity index (χ4n) is 1.36. The summed E-state index contributed by atoms with van der Waals surface area (Å²) in [6.07, 6.45) is 0. The standard InChI is InChI=1S/C10H18N4OS/c1-10(2,3)6-14(5)8(15)7-12-13-9(11-4)16-7/h6H2,1-5H3,(H,11,13). The minimum absolute atomic E-state index is 0.0751. The molecule has 0 saturated heterocycles. The van der Waals surface area contributed by atoms with Crippen LogP contribution in [-0.2, 0) is 0 Å². The summed E-state index contributed by atoms with van der Waals surface area (Å²) in [7, 11) is 3.54. The molecule has 1 rings (SSSR count). The van der Waals surface area contributed by atoms with Crippen LogP contribution in [0.2, 0.25) is 0 Å². The molecule has 0 aliphatic carbocycles. The smallest absolute Gasteiger partial charge is 0.284 e. The second-order valence-corrected chi connectivity index (χ2v) is 5.86. The molecule has 0 saturated carbocycles. The molecule has 1 heterocycles. The van der Waals surface area contributed by atoms with Crippen LogP contribution in [-0.4, -0.2) is 41.6 Å². The van der Waals surface area contributed by atoms with Gasteiger partial charge < -0.3 is 10.2 Å². The molecule has 1 aromatic rings. The van der Waals surface area contributed by atoms with Crippen LogP contribution in [0.15, 0.2) is 0 Å². The van der Waals surface area contributed by atoms with E-state index in [1.807, 2.05) is 0 Å². The van der Waals surface area contributed by atoms with Gasteiger partial charge in [-0.25, -0.2) is 0 Å². The number of nitrogens with one attached hydrogen (secondary N) is 1. The van der Waals surface area contributed by atoms with Gasteiger partial charge in [-0.2, -0.15) is 0 Å². The first-order valence-corrected chi connectivity index (χ1v) is 5.92. The summed E-state index contributed by atoms with van der Waals surface area (Å²) in [4.78, 5) is 13.6. The van der Waals surface area contributed by atoms with Crippen molar-refractivity contribution in [3.8, 4) is 0 Å². The average Bonchev–Trinajstić information content (AvgIpc) is 2.61. The van der Waals surface area contributed by atoms with Gasteiger partial charge in [0.1, 0.15) is 0 Å². The molecule has 0 fully saturated rings. The van der Waals surface area contributed by atoms with Crippen molar-refractivity contribution < 1.29 is 4.79 Å². The van der Waals surface area contributed by atoms with Crippen LogP contribution in [0.5, 0.6) is 0 Å². The van der Waals surface area contributed by atoms with Crippen LogP contribution in [0.25, 0.3) is 0 Å². The first-order chi connectivity index (χ1) is 7.33. The van der Waals surface area contributed by atoms with Gasteiger partial charge in [-0.1, -0.05) is 32.1 Å². The van der Waals surface area contributed by atoms with Crippen molar-refractivity contribution in [1.82, 2.24) is 15.1 Å². The SMILES string of the molecule is CNc1nnc(C(=O)N(C)CC(C)(C)C)s1. The number of rotatable bonds is 3. The Hall–Kier alpha value is -1.17. The van der Waals surface area contributed by atoms with Crippen molar-refractivity contribution in [3.63, 3.8) is 0 Å². The Morgan fingerprint density at radius 1 is 1.44 bits per heavy atom. The highest BCUT2D eigenvalue weighted by molar-refractivity contribution is 7.17. The van der Waals surface area contributed by atoms with Crippen molar-refractivity contribution in [1.29, 1.82) is 0 Å². The lowest BCUT2D eigenvalue weighted by Gasteiger charge is -2.25. The lowest BCUT2D eigenvalue weighted by atomic mass is 9.96. The van der Waals surface area contributed by atoms with E-state index in [9.17, 15) is 4.79 Å². The molecular weight excluding hydrogens is 224 g/mol. The molecule has 0 spiro atoms. The maximum absolute atomic E-state index is 12.0. The van der Waals surface area contributed by atoms with Gasteiger partial charge in [0.25, 0.3) is 5.91 Å². The van der Waals surface area contributed by atoms with Crippen LogP contribution in [0.1, 0.15) is 30.6 Å². The molecule has 0 aliphatic heterocycles. The second kappa shape index (κ2) is 4.78. The van der Waals surface area contributed by atoms with Crippen LogP contribution in [0.4, 0.5) is 5.13 Å². The number of hydrogen-bond donors (Lipinski definition) is 1. The van der Waals surface area contributed by atoms with Crippen molar-refractivity contribution in [3.05, 3.63) is 5.01 Å². The van der Waals surface area contributed by atoms with Gasteiger partial charge in [0, 0.05) is 20.6 Å². The van der Waals surface area contributed by atoms with Gasteiger partial charge in [-0.15, -0.1) is 10.2 Å². The molecule has 1 amide bonds. The predicted octanol–water partition coefficient (Wildman–Crippen LogP) is 1.70. The van der Waals surface area contributed by atoms with Crippen molar-refractivity contribution in [2.24, 2.45) is 5.41 Å². The third-order valence-electron chi connectivity index (χ3n) is 1.88. The van der Waals surface area contributed by atoms with E-state index in [1.54, 1.807) is 19.0 Å².